The van der Waals surface area contributed by atoms with E-state index in [0.29, 0.717) is 6.07 Å². The highest BCUT2D eigenvalue weighted by molar-refractivity contribution is 5.92. The molecule has 0 saturated heterocycles. The number of hydrogen-bond acceptors (Lipinski definition) is 3. The average molecular weight is 378 g/mol. The third kappa shape index (κ3) is 2.52. The summed E-state index contributed by atoms with van der Waals surface area (Å²) in [5.41, 5.74) is -0.378. The van der Waals surface area contributed by atoms with Gasteiger partial charge in [-0.3, -0.25) is 0 Å². The Bertz CT molecular complexity index is 1230. The van der Waals surface area contributed by atoms with Gasteiger partial charge in [0.25, 0.3) is 0 Å². The molecule has 0 spiro atoms. The first-order valence-corrected chi connectivity index (χ1v) is 7.62. The van der Waals surface area contributed by atoms with Gasteiger partial charge in [0.05, 0.1) is 22.1 Å². The van der Waals surface area contributed by atoms with Gasteiger partial charge in [0, 0.05) is 13.1 Å². The first kappa shape index (κ1) is 17.0. The molecule has 2 aromatic heterocycles. The van der Waals surface area contributed by atoms with Crippen LogP contribution in [0.4, 0.5) is 17.6 Å². The number of halogens is 4. The Morgan fingerprint density at radius 1 is 1.19 bits per heavy atom. The van der Waals surface area contributed by atoms with Gasteiger partial charge < -0.3 is 14.7 Å². The number of aromatic nitrogens is 4. The lowest BCUT2D eigenvalue weighted by atomic mass is 10.2. The molecule has 6 nitrogen and oxygen atoms in total. The van der Waals surface area contributed by atoms with Crippen LogP contribution in [0.1, 0.15) is 22.0 Å². The molecule has 10 heteroatoms. The van der Waals surface area contributed by atoms with E-state index >= 15 is 8.78 Å². The fraction of sp³-hybridized carbons (Fsp3) is 0.118. The topological polar surface area (TPSA) is 83.8 Å². The number of fused-ring (bicyclic) bond motifs is 2. The largest absolute Gasteiger partial charge is 0.478 e. The minimum atomic E-state index is -3.76. The maximum Gasteiger partial charge on any atom is 0.361 e. The van der Waals surface area contributed by atoms with E-state index in [-0.39, 0.29) is 22.1 Å². The van der Waals surface area contributed by atoms with Crippen LogP contribution in [-0.2, 0) is 13.0 Å². The normalized spacial score (nSPS) is 12.2. The van der Waals surface area contributed by atoms with Crippen LogP contribution in [0, 0.1) is 11.6 Å². The Balaban J connectivity index is 1.90. The summed E-state index contributed by atoms with van der Waals surface area (Å²) in [6, 6.07) is 5.19. The zero-order valence-electron chi connectivity index (χ0n) is 13.6. The zero-order chi connectivity index (χ0) is 19.5. The highest BCUT2D eigenvalue weighted by Gasteiger charge is 2.42. The van der Waals surface area contributed by atoms with Crippen molar-refractivity contribution in [3.05, 3.63) is 59.2 Å². The third-order valence-electron chi connectivity index (χ3n) is 4.21. The molecule has 2 heterocycles. The summed E-state index contributed by atoms with van der Waals surface area (Å²) >= 11 is 0. The SMILES string of the molecule is Cn1c(C(F)(F)c2nc3c(F)cc(F)cc3[nH]2)nc2ccc(C(=O)O)cc21. The number of alkyl halides is 2. The van der Waals surface area contributed by atoms with Crippen LogP contribution in [0.5, 0.6) is 0 Å². The number of carboxylic acids is 1. The molecule has 2 N–H and O–H groups in total. The Morgan fingerprint density at radius 2 is 1.93 bits per heavy atom. The standard InChI is InChI=1S/C17H10F4N4O2/c1-25-12-4-7(14(26)27)2-3-10(12)23-16(25)17(20,21)15-22-11-6-8(18)5-9(19)13(11)24-15/h2-6H,1H3,(H,22,24)(H,26,27). The number of benzene rings is 2. The van der Waals surface area contributed by atoms with E-state index in [4.69, 9.17) is 5.11 Å². The minimum Gasteiger partial charge on any atom is -0.478 e. The summed E-state index contributed by atoms with van der Waals surface area (Å²) in [7, 11) is 1.30. The number of hydrogen-bond donors (Lipinski definition) is 2. The van der Waals surface area contributed by atoms with E-state index in [1.807, 2.05) is 0 Å². The summed E-state index contributed by atoms with van der Waals surface area (Å²) < 4.78 is 58.1. The first-order valence-electron chi connectivity index (χ1n) is 7.62. The van der Waals surface area contributed by atoms with Crippen LogP contribution in [0.25, 0.3) is 22.1 Å². The number of aromatic amines is 1. The van der Waals surface area contributed by atoms with Crippen LogP contribution in [0.15, 0.2) is 30.3 Å². The molecular formula is C17H10F4N4O2. The van der Waals surface area contributed by atoms with Gasteiger partial charge in [-0.1, -0.05) is 0 Å². The van der Waals surface area contributed by atoms with E-state index in [9.17, 15) is 13.6 Å². The molecule has 0 aliphatic rings. The van der Waals surface area contributed by atoms with E-state index in [0.717, 1.165) is 10.6 Å². The van der Waals surface area contributed by atoms with Crippen molar-refractivity contribution in [3.63, 3.8) is 0 Å². The smallest absolute Gasteiger partial charge is 0.361 e. The predicted octanol–water partition coefficient (Wildman–Crippen LogP) is 3.57. The second-order valence-corrected chi connectivity index (χ2v) is 5.95. The zero-order valence-corrected chi connectivity index (χ0v) is 13.6. The summed E-state index contributed by atoms with van der Waals surface area (Å²) in [6.07, 6.45) is 0. The second kappa shape index (κ2) is 5.53. The number of carbonyl (C=O) groups is 1. The van der Waals surface area contributed by atoms with Gasteiger partial charge in [0.1, 0.15) is 11.3 Å². The van der Waals surface area contributed by atoms with Gasteiger partial charge in [-0.2, -0.15) is 8.78 Å². The van der Waals surface area contributed by atoms with Crippen LogP contribution in [0.2, 0.25) is 0 Å². The maximum absolute atomic E-state index is 15.0. The lowest BCUT2D eigenvalue weighted by Gasteiger charge is -2.13. The van der Waals surface area contributed by atoms with Crippen LogP contribution in [-0.4, -0.2) is 30.6 Å². The molecule has 4 rings (SSSR count). The van der Waals surface area contributed by atoms with Gasteiger partial charge in [0.2, 0.25) is 0 Å². The van der Waals surface area contributed by atoms with Crippen LogP contribution < -0.4 is 0 Å². The number of imidazole rings is 2. The van der Waals surface area contributed by atoms with Gasteiger partial charge in [0.15, 0.2) is 17.5 Å². The van der Waals surface area contributed by atoms with Crippen molar-refractivity contribution >= 4 is 28.0 Å². The lowest BCUT2D eigenvalue weighted by Crippen LogP contribution is -2.22. The van der Waals surface area contributed by atoms with Crippen molar-refractivity contribution in [2.24, 2.45) is 7.05 Å². The molecule has 0 aliphatic heterocycles. The minimum absolute atomic E-state index is 0.0818. The summed E-state index contributed by atoms with van der Waals surface area (Å²) in [4.78, 5) is 20.7. The Morgan fingerprint density at radius 3 is 2.63 bits per heavy atom. The highest BCUT2D eigenvalue weighted by Crippen LogP contribution is 2.36. The average Bonchev–Trinajstić information content (AvgIpc) is 3.17. The number of nitrogens with zero attached hydrogens (tertiary/aromatic N) is 3. The molecule has 0 aliphatic carbocycles. The highest BCUT2D eigenvalue weighted by atomic mass is 19.3. The van der Waals surface area contributed by atoms with Gasteiger partial charge in [-0.25, -0.2) is 23.5 Å². The molecule has 0 unspecified atom stereocenters. The quantitative estimate of drug-likeness (QED) is 0.534. The summed E-state index contributed by atoms with van der Waals surface area (Å²) in [6.45, 7) is 0. The van der Waals surface area contributed by atoms with Gasteiger partial charge >= 0.3 is 11.9 Å². The van der Waals surface area contributed by atoms with E-state index in [2.05, 4.69) is 15.0 Å². The molecular weight excluding hydrogens is 368 g/mol. The van der Waals surface area contributed by atoms with Crippen molar-refractivity contribution < 1.29 is 27.5 Å². The first-order chi connectivity index (χ1) is 12.7. The third-order valence-corrected chi connectivity index (χ3v) is 4.21. The summed E-state index contributed by atoms with van der Waals surface area (Å²) in [5, 5.41) is 9.05. The Kier molecular flexibility index (Phi) is 3.48. The fourth-order valence-corrected chi connectivity index (χ4v) is 2.90. The van der Waals surface area contributed by atoms with E-state index in [1.54, 1.807) is 0 Å². The Hall–Kier alpha value is -3.43. The molecule has 27 heavy (non-hydrogen) atoms. The number of carboxylic acid groups (broad SMARTS) is 1. The number of rotatable bonds is 3. The molecule has 138 valence electrons. The monoisotopic (exact) mass is 378 g/mol. The second-order valence-electron chi connectivity index (χ2n) is 5.95. The lowest BCUT2D eigenvalue weighted by molar-refractivity contribution is 0.0219. The molecule has 0 radical (unpaired) electrons. The van der Waals surface area contributed by atoms with E-state index in [1.165, 1.54) is 25.2 Å². The predicted molar refractivity (Wildman–Crippen MR) is 86.7 cm³/mol. The molecule has 4 aromatic rings. The van der Waals surface area contributed by atoms with Gasteiger partial charge in [-0.05, 0) is 24.3 Å². The fourth-order valence-electron chi connectivity index (χ4n) is 2.90. The number of nitrogens with one attached hydrogen (secondary N) is 1. The van der Waals surface area contributed by atoms with Crippen LogP contribution >= 0.6 is 0 Å². The molecule has 0 amide bonds. The number of aromatic carboxylic acids is 1. The summed E-state index contributed by atoms with van der Waals surface area (Å²) in [5.74, 6) is -8.60. The van der Waals surface area contributed by atoms with E-state index < -0.39 is 40.7 Å². The van der Waals surface area contributed by atoms with Crippen molar-refractivity contribution in [2.45, 2.75) is 5.92 Å². The molecule has 0 fully saturated rings. The Labute approximate surface area is 148 Å². The molecule has 2 aromatic carbocycles. The molecule has 0 bridgehead atoms. The molecule has 0 saturated carbocycles. The molecule has 0 atom stereocenters. The maximum atomic E-state index is 15.0. The van der Waals surface area contributed by atoms with Crippen molar-refractivity contribution in [3.8, 4) is 0 Å². The number of aryl methyl sites for hydroxylation is 1. The van der Waals surface area contributed by atoms with Crippen molar-refractivity contribution in [1.82, 2.24) is 19.5 Å². The number of H-pyrrole nitrogens is 1. The van der Waals surface area contributed by atoms with Crippen molar-refractivity contribution in [1.29, 1.82) is 0 Å². The van der Waals surface area contributed by atoms with Gasteiger partial charge in [-0.15, -0.1) is 0 Å². The van der Waals surface area contributed by atoms with Crippen molar-refractivity contribution in [2.75, 3.05) is 0 Å². The van der Waals surface area contributed by atoms with Crippen LogP contribution in [0.3, 0.4) is 0 Å².